The molecule has 7 nitrogen and oxygen atoms in total. The number of fused-ring (bicyclic) bond motifs is 1. The summed E-state index contributed by atoms with van der Waals surface area (Å²) in [5.74, 6) is -0.166. The van der Waals surface area contributed by atoms with Crippen molar-refractivity contribution in [1.29, 1.82) is 0 Å². The lowest BCUT2D eigenvalue weighted by molar-refractivity contribution is 0.0950. The highest BCUT2D eigenvalue weighted by Gasteiger charge is 2.13. The summed E-state index contributed by atoms with van der Waals surface area (Å²) >= 11 is 0. The highest BCUT2D eigenvalue weighted by molar-refractivity contribution is 5.94. The van der Waals surface area contributed by atoms with E-state index in [0.717, 1.165) is 28.8 Å². The Balaban J connectivity index is 1.24. The van der Waals surface area contributed by atoms with Crippen LogP contribution in [0.15, 0.2) is 61.3 Å². The number of hydrogen-bond acceptors (Lipinski definition) is 4. The molecule has 1 aliphatic rings. The van der Waals surface area contributed by atoms with Crippen molar-refractivity contribution in [2.45, 2.75) is 32.4 Å². The van der Waals surface area contributed by atoms with Gasteiger partial charge < -0.3 is 14.9 Å². The number of carbonyl (C=O) groups excluding carboxylic acids is 1. The first kappa shape index (κ1) is 19.5. The third kappa shape index (κ3) is 4.51. The molecule has 4 aromatic heterocycles. The maximum Gasteiger partial charge on any atom is 0.253 e. The number of aromatic nitrogens is 4. The van der Waals surface area contributed by atoms with Gasteiger partial charge in [-0.2, -0.15) is 0 Å². The maximum absolute atomic E-state index is 12.6. The van der Waals surface area contributed by atoms with Gasteiger partial charge in [0.25, 0.3) is 5.91 Å². The molecular formula is C24H26N6O. The first-order chi connectivity index (χ1) is 15.2. The van der Waals surface area contributed by atoms with E-state index in [4.69, 9.17) is 0 Å². The number of pyridine rings is 2. The van der Waals surface area contributed by atoms with Crippen molar-refractivity contribution in [2.24, 2.45) is 0 Å². The van der Waals surface area contributed by atoms with Crippen LogP contribution in [-0.4, -0.2) is 43.4 Å². The summed E-state index contributed by atoms with van der Waals surface area (Å²) in [7, 11) is 0. The smallest absolute Gasteiger partial charge is 0.253 e. The lowest BCUT2D eigenvalue weighted by atomic mass is 10.1. The van der Waals surface area contributed by atoms with Gasteiger partial charge in [-0.05, 0) is 56.3 Å². The Morgan fingerprint density at radius 1 is 1.03 bits per heavy atom. The van der Waals surface area contributed by atoms with Crippen molar-refractivity contribution in [3.8, 4) is 5.69 Å². The van der Waals surface area contributed by atoms with Crippen molar-refractivity contribution in [3.63, 3.8) is 0 Å². The summed E-state index contributed by atoms with van der Waals surface area (Å²) in [4.78, 5) is 27.4. The molecule has 0 saturated carbocycles. The van der Waals surface area contributed by atoms with Gasteiger partial charge in [0.2, 0.25) is 0 Å². The van der Waals surface area contributed by atoms with E-state index in [2.05, 4.69) is 31.2 Å². The van der Waals surface area contributed by atoms with Crippen molar-refractivity contribution >= 4 is 16.8 Å². The van der Waals surface area contributed by atoms with Crippen LogP contribution in [-0.2, 0) is 13.1 Å². The summed E-state index contributed by atoms with van der Waals surface area (Å²) in [5.41, 5.74) is 4.47. The number of H-pyrrole nitrogens is 1. The highest BCUT2D eigenvalue weighted by Crippen LogP contribution is 2.19. The number of amides is 1. The minimum atomic E-state index is -0.166. The second-order valence-corrected chi connectivity index (χ2v) is 8.10. The zero-order chi connectivity index (χ0) is 21.0. The van der Waals surface area contributed by atoms with Gasteiger partial charge in [-0.15, -0.1) is 0 Å². The molecule has 2 N–H and O–H groups in total. The fraction of sp³-hybridized carbons (Fsp3) is 0.292. The van der Waals surface area contributed by atoms with Crippen LogP contribution in [0.25, 0.3) is 16.6 Å². The standard InChI is InChI=1S/C24H26N6O/c31-24(19-11-22(16-25-13-19)30-8-4-5-9-30)27-15-20-12-23-18(14-26-20)10-21(28-23)17-29-6-2-1-3-7-29/h4-5,8-14,16,28H,1-3,6-7,15,17H2,(H,27,31). The van der Waals surface area contributed by atoms with E-state index in [1.807, 2.05) is 47.4 Å². The van der Waals surface area contributed by atoms with Crippen LogP contribution in [0.5, 0.6) is 0 Å². The third-order valence-electron chi connectivity index (χ3n) is 5.78. The number of carbonyl (C=O) groups is 1. The SMILES string of the molecule is O=C(NCc1cc2[nH]c(CN3CCCCC3)cc2cn1)c1cncc(-n2cccc2)c1. The monoisotopic (exact) mass is 414 g/mol. The van der Waals surface area contributed by atoms with Crippen LogP contribution in [0.2, 0.25) is 0 Å². The number of rotatable bonds is 6. The molecule has 0 aromatic carbocycles. The van der Waals surface area contributed by atoms with E-state index in [9.17, 15) is 4.79 Å². The number of nitrogens with one attached hydrogen (secondary N) is 2. The molecule has 158 valence electrons. The molecule has 1 amide bonds. The molecule has 0 spiro atoms. The topological polar surface area (TPSA) is 78.8 Å². The Hall–Kier alpha value is -3.45. The fourth-order valence-corrected chi connectivity index (χ4v) is 4.14. The molecule has 5 heterocycles. The molecular weight excluding hydrogens is 388 g/mol. The molecule has 0 aliphatic carbocycles. The lowest BCUT2D eigenvalue weighted by Crippen LogP contribution is -2.29. The molecule has 1 saturated heterocycles. The van der Waals surface area contributed by atoms with Gasteiger partial charge in [-0.25, -0.2) is 0 Å². The second kappa shape index (κ2) is 8.73. The Bertz CT molecular complexity index is 1170. The average Bonchev–Trinajstić information content (AvgIpc) is 3.48. The molecule has 31 heavy (non-hydrogen) atoms. The van der Waals surface area contributed by atoms with Crippen LogP contribution in [0.4, 0.5) is 0 Å². The molecule has 7 heteroatoms. The number of hydrogen-bond donors (Lipinski definition) is 2. The largest absolute Gasteiger partial charge is 0.357 e. The predicted molar refractivity (Wildman–Crippen MR) is 120 cm³/mol. The summed E-state index contributed by atoms with van der Waals surface area (Å²) in [6.07, 6.45) is 13.0. The van der Waals surface area contributed by atoms with Crippen LogP contribution in [0, 0.1) is 0 Å². The second-order valence-electron chi connectivity index (χ2n) is 8.10. The Kier molecular flexibility index (Phi) is 5.50. The van der Waals surface area contributed by atoms with Gasteiger partial charge in [0, 0.05) is 47.9 Å². The van der Waals surface area contributed by atoms with Gasteiger partial charge in [-0.1, -0.05) is 6.42 Å². The predicted octanol–water partition coefficient (Wildman–Crippen LogP) is 3.66. The fourth-order valence-electron chi connectivity index (χ4n) is 4.14. The Morgan fingerprint density at radius 2 is 1.87 bits per heavy atom. The van der Waals surface area contributed by atoms with Gasteiger partial charge >= 0.3 is 0 Å². The zero-order valence-corrected chi connectivity index (χ0v) is 17.4. The van der Waals surface area contributed by atoms with Gasteiger partial charge in [0.1, 0.15) is 0 Å². The quantitative estimate of drug-likeness (QED) is 0.505. The molecule has 5 rings (SSSR count). The maximum atomic E-state index is 12.6. The summed E-state index contributed by atoms with van der Waals surface area (Å²) in [6.45, 7) is 3.66. The zero-order valence-electron chi connectivity index (χ0n) is 17.4. The first-order valence-corrected chi connectivity index (χ1v) is 10.8. The minimum absolute atomic E-state index is 0.166. The van der Waals surface area contributed by atoms with Gasteiger partial charge in [0.15, 0.2) is 0 Å². The van der Waals surface area contributed by atoms with E-state index < -0.39 is 0 Å². The molecule has 0 bridgehead atoms. The summed E-state index contributed by atoms with van der Waals surface area (Å²) in [5, 5.41) is 4.05. The molecule has 0 unspecified atom stereocenters. The van der Waals surface area contributed by atoms with Crippen LogP contribution < -0.4 is 5.32 Å². The average molecular weight is 415 g/mol. The molecule has 1 aliphatic heterocycles. The highest BCUT2D eigenvalue weighted by atomic mass is 16.1. The Labute approximate surface area is 181 Å². The molecule has 0 atom stereocenters. The number of piperidine rings is 1. The van der Waals surface area contributed by atoms with Gasteiger partial charge in [0.05, 0.1) is 29.7 Å². The molecule has 1 fully saturated rings. The molecule has 4 aromatic rings. The Morgan fingerprint density at radius 3 is 2.71 bits per heavy atom. The summed E-state index contributed by atoms with van der Waals surface area (Å²) in [6, 6.07) is 9.90. The van der Waals surface area contributed by atoms with E-state index >= 15 is 0 Å². The number of likely N-dealkylation sites (tertiary alicyclic amines) is 1. The number of aromatic amines is 1. The van der Waals surface area contributed by atoms with Gasteiger partial charge in [-0.3, -0.25) is 19.7 Å². The first-order valence-electron chi connectivity index (χ1n) is 10.8. The van der Waals surface area contributed by atoms with E-state index in [1.165, 1.54) is 38.0 Å². The van der Waals surface area contributed by atoms with Crippen molar-refractivity contribution < 1.29 is 4.79 Å². The van der Waals surface area contributed by atoms with E-state index in [0.29, 0.717) is 12.1 Å². The van der Waals surface area contributed by atoms with Crippen molar-refractivity contribution in [3.05, 3.63) is 78.3 Å². The van der Waals surface area contributed by atoms with Crippen LogP contribution in [0.3, 0.4) is 0 Å². The minimum Gasteiger partial charge on any atom is -0.357 e. The van der Waals surface area contributed by atoms with Crippen molar-refractivity contribution in [1.82, 2.24) is 29.7 Å². The molecule has 0 radical (unpaired) electrons. The third-order valence-corrected chi connectivity index (χ3v) is 5.78. The van der Waals surface area contributed by atoms with E-state index in [1.54, 1.807) is 12.4 Å². The van der Waals surface area contributed by atoms with Crippen LogP contribution in [0.1, 0.15) is 41.0 Å². The van der Waals surface area contributed by atoms with E-state index in [-0.39, 0.29) is 5.91 Å². The van der Waals surface area contributed by atoms with Crippen molar-refractivity contribution in [2.75, 3.05) is 13.1 Å². The van der Waals surface area contributed by atoms with Crippen LogP contribution >= 0.6 is 0 Å². The normalized spacial score (nSPS) is 14.7. The number of nitrogens with zero attached hydrogens (tertiary/aromatic N) is 4. The summed E-state index contributed by atoms with van der Waals surface area (Å²) < 4.78 is 1.92. The lowest BCUT2D eigenvalue weighted by Gasteiger charge is -2.25.